The van der Waals surface area contributed by atoms with Crippen molar-refractivity contribution < 1.29 is 34.2 Å². The molecule has 0 aliphatic carbocycles. The number of nitrogens with one attached hydrogen (secondary N) is 3. The van der Waals surface area contributed by atoms with E-state index in [4.69, 9.17) is 17.2 Å². The minimum Gasteiger partial charge on any atom is -0.508 e. The third-order valence-corrected chi connectivity index (χ3v) is 6.50. The molecule has 4 unspecified atom stereocenters. The van der Waals surface area contributed by atoms with Gasteiger partial charge in [-0.15, -0.1) is 0 Å². The summed E-state index contributed by atoms with van der Waals surface area (Å²) in [5.41, 5.74) is 17.3. The van der Waals surface area contributed by atoms with Gasteiger partial charge in [0, 0.05) is 12.8 Å². The predicted octanol–water partition coefficient (Wildman–Crippen LogP) is -1.05. The van der Waals surface area contributed by atoms with E-state index in [1.165, 1.54) is 36.0 Å². The van der Waals surface area contributed by atoms with Gasteiger partial charge in [0.25, 0.3) is 0 Å². The van der Waals surface area contributed by atoms with Crippen LogP contribution in [0.25, 0.3) is 0 Å². The maximum Gasteiger partial charge on any atom is 0.326 e. The molecule has 0 saturated heterocycles. The maximum absolute atomic E-state index is 13.2. The summed E-state index contributed by atoms with van der Waals surface area (Å²) in [5.74, 6) is -3.41. The third-order valence-electron chi connectivity index (χ3n) is 5.85. The lowest BCUT2D eigenvalue weighted by atomic mass is 10.0. The van der Waals surface area contributed by atoms with Crippen LogP contribution in [0.1, 0.15) is 44.1 Å². The summed E-state index contributed by atoms with van der Waals surface area (Å²) in [4.78, 5) is 62.1. The molecule has 0 aliphatic rings. The zero-order chi connectivity index (χ0) is 29.4. The van der Waals surface area contributed by atoms with Crippen LogP contribution in [0.2, 0.25) is 0 Å². The molecule has 1 aromatic rings. The van der Waals surface area contributed by atoms with Gasteiger partial charge in [-0.05, 0) is 68.4 Å². The van der Waals surface area contributed by atoms with Gasteiger partial charge in [-0.2, -0.15) is 11.8 Å². The minimum absolute atomic E-state index is 0.00204. The van der Waals surface area contributed by atoms with Crippen LogP contribution >= 0.6 is 11.8 Å². The number of phenolic OH excluding ortho intramolecular Hbond substituents is 1. The van der Waals surface area contributed by atoms with Crippen LogP contribution < -0.4 is 33.2 Å². The lowest BCUT2D eigenvalue weighted by molar-refractivity contribution is -0.142. The Labute approximate surface area is 232 Å². The number of nitrogens with two attached hydrogens (primary N) is 3. The number of phenols is 1. The van der Waals surface area contributed by atoms with Gasteiger partial charge in [0.2, 0.25) is 23.6 Å². The molecule has 11 N–H and O–H groups in total. The molecule has 4 atom stereocenters. The molecule has 1 aromatic carbocycles. The quantitative estimate of drug-likeness (QED) is 0.0941. The monoisotopic (exact) mass is 568 g/mol. The molecule has 0 saturated carbocycles. The second-order valence-electron chi connectivity index (χ2n) is 9.07. The van der Waals surface area contributed by atoms with Crippen molar-refractivity contribution in [2.75, 3.05) is 18.6 Å². The van der Waals surface area contributed by atoms with E-state index in [0.29, 0.717) is 37.1 Å². The molecule has 0 aliphatic heterocycles. The van der Waals surface area contributed by atoms with Crippen LogP contribution in [-0.4, -0.2) is 82.5 Å². The Hall–Kier alpha value is -3.36. The van der Waals surface area contributed by atoms with Crippen molar-refractivity contribution in [3.63, 3.8) is 0 Å². The second kappa shape index (κ2) is 18.0. The SMILES string of the molecule is CSCCC(N)C(=O)NC(CCCCN)C(=O)NC(CCC(N)=O)C(=O)NC(Cc1ccc(O)cc1)C(=O)O. The van der Waals surface area contributed by atoms with Crippen molar-refractivity contribution in [3.8, 4) is 5.75 Å². The van der Waals surface area contributed by atoms with Gasteiger partial charge in [-0.25, -0.2) is 4.79 Å². The van der Waals surface area contributed by atoms with Gasteiger partial charge in [0.05, 0.1) is 6.04 Å². The summed E-state index contributed by atoms with van der Waals surface area (Å²) >= 11 is 1.53. The lowest BCUT2D eigenvalue weighted by Crippen LogP contribution is -2.57. The van der Waals surface area contributed by atoms with Gasteiger partial charge in [0.15, 0.2) is 0 Å². The van der Waals surface area contributed by atoms with Crippen molar-refractivity contribution in [1.82, 2.24) is 16.0 Å². The van der Waals surface area contributed by atoms with Crippen molar-refractivity contribution in [3.05, 3.63) is 29.8 Å². The van der Waals surface area contributed by atoms with E-state index in [9.17, 15) is 34.2 Å². The molecule has 218 valence electrons. The first-order valence-electron chi connectivity index (χ1n) is 12.6. The number of carbonyl (C=O) groups is 5. The second-order valence-corrected chi connectivity index (χ2v) is 10.1. The highest BCUT2D eigenvalue weighted by Gasteiger charge is 2.30. The highest BCUT2D eigenvalue weighted by molar-refractivity contribution is 7.98. The van der Waals surface area contributed by atoms with Gasteiger partial charge < -0.3 is 43.4 Å². The molecule has 39 heavy (non-hydrogen) atoms. The number of aliphatic carboxylic acids is 1. The number of unbranched alkanes of at least 4 members (excludes halogenated alkanes) is 1. The molecule has 0 bridgehead atoms. The topological polar surface area (TPSA) is 240 Å². The molecular formula is C25H40N6O7S. The Morgan fingerprint density at radius 3 is 1.97 bits per heavy atom. The molecule has 13 nitrogen and oxygen atoms in total. The molecule has 1 rings (SSSR count). The predicted molar refractivity (Wildman–Crippen MR) is 148 cm³/mol. The van der Waals surface area contributed by atoms with E-state index in [-0.39, 0.29) is 31.4 Å². The van der Waals surface area contributed by atoms with Crippen molar-refractivity contribution in [2.45, 2.75) is 69.1 Å². The number of carboxylic acid groups (broad SMARTS) is 1. The van der Waals surface area contributed by atoms with Crippen molar-refractivity contribution in [1.29, 1.82) is 0 Å². The van der Waals surface area contributed by atoms with Gasteiger partial charge in [-0.1, -0.05) is 12.1 Å². The van der Waals surface area contributed by atoms with Crippen LogP contribution in [0.15, 0.2) is 24.3 Å². The first-order valence-corrected chi connectivity index (χ1v) is 14.0. The number of carbonyl (C=O) groups excluding carboxylic acids is 4. The van der Waals surface area contributed by atoms with Crippen molar-refractivity contribution in [2.24, 2.45) is 17.2 Å². The summed E-state index contributed by atoms with van der Waals surface area (Å²) in [7, 11) is 0. The van der Waals surface area contributed by atoms with Crippen LogP contribution in [0.4, 0.5) is 0 Å². The molecule has 0 spiro atoms. The average Bonchev–Trinajstić information content (AvgIpc) is 2.89. The number of carboxylic acids is 1. The standard InChI is InChI=1S/C25H40N6O7S/c1-39-13-11-17(27)22(34)29-18(4-2-3-12-26)23(35)30-19(9-10-21(28)33)24(36)31-20(25(37)38)14-15-5-7-16(32)8-6-15/h5-8,17-20,32H,2-4,9-14,26-27H2,1H3,(H2,28,33)(H,29,34)(H,30,35)(H,31,36)(H,37,38). The number of aromatic hydroxyl groups is 1. The highest BCUT2D eigenvalue weighted by atomic mass is 32.2. The molecule has 0 aromatic heterocycles. The number of hydrogen-bond acceptors (Lipinski definition) is 9. The van der Waals surface area contributed by atoms with Crippen LogP contribution in [0.3, 0.4) is 0 Å². The fourth-order valence-electron chi connectivity index (χ4n) is 3.58. The highest BCUT2D eigenvalue weighted by Crippen LogP contribution is 2.12. The van der Waals surface area contributed by atoms with Crippen molar-refractivity contribution >= 4 is 41.4 Å². The Bertz CT molecular complexity index is 963. The Morgan fingerprint density at radius 1 is 0.872 bits per heavy atom. The number of hydrogen-bond donors (Lipinski definition) is 8. The molecule has 0 heterocycles. The van der Waals surface area contributed by atoms with E-state index in [1.807, 2.05) is 6.26 Å². The maximum atomic E-state index is 13.2. The third kappa shape index (κ3) is 13.3. The summed E-state index contributed by atoms with van der Waals surface area (Å²) in [6.45, 7) is 0.386. The summed E-state index contributed by atoms with van der Waals surface area (Å²) in [6.07, 6.45) is 3.10. The van der Waals surface area contributed by atoms with Crippen LogP contribution in [-0.2, 0) is 30.4 Å². The number of rotatable bonds is 19. The average molecular weight is 569 g/mol. The van der Waals surface area contributed by atoms with E-state index in [1.54, 1.807) is 0 Å². The molecular weight excluding hydrogens is 528 g/mol. The zero-order valence-electron chi connectivity index (χ0n) is 22.1. The molecule has 4 amide bonds. The number of thioether (sulfide) groups is 1. The van der Waals surface area contributed by atoms with Gasteiger partial charge in [-0.3, -0.25) is 19.2 Å². The van der Waals surface area contributed by atoms with Gasteiger partial charge >= 0.3 is 5.97 Å². The Morgan fingerprint density at radius 2 is 1.44 bits per heavy atom. The van der Waals surface area contributed by atoms with Crippen LogP contribution in [0, 0.1) is 0 Å². The number of benzene rings is 1. The Kier molecular flexibility index (Phi) is 15.6. The normalized spacial score (nSPS) is 13.9. The fourth-order valence-corrected chi connectivity index (χ4v) is 4.07. The smallest absolute Gasteiger partial charge is 0.326 e. The van der Waals surface area contributed by atoms with E-state index >= 15 is 0 Å². The first-order chi connectivity index (χ1) is 18.5. The Balaban J connectivity index is 3.03. The molecule has 0 fully saturated rings. The zero-order valence-corrected chi connectivity index (χ0v) is 22.9. The number of primary amides is 1. The fraction of sp³-hybridized carbons (Fsp3) is 0.560. The largest absolute Gasteiger partial charge is 0.508 e. The molecule has 14 heteroatoms. The lowest BCUT2D eigenvalue weighted by Gasteiger charge is -2.25. The number of amides is 4. The first kappa shape index (κ1) is 33.7. The molecule has 0 radical (unpaired) electrons. The van der Waals surface area contributed by atoms with E-state index in [2.05, 4.69) is 16.0 Å². The van der Waals surface area contributed by atoms with Gasteiger partial charge in [0.1, 0.15) is 23.9 Å². The summed E-state index contributed by atoms with van der Waals surface area (Å²) in [6, 6.07) is 1.30. The minimum atomic E-state index is -1.36. The summed E-state index contributed by atoms with van der Waals surface area (Å²) in [5, 5.41) is 26.6. The van der Waals surface area contributed by atoms with E-state index < -0.39 is 53.8 Å². The van der Waals surface area contributed by atoms with Crippen LogP contribution in [0.5, 0.6) is 5.75 Å². The van der Waals surface area contributed by atoms with E-state index in [0.717, 1.165) is 0 Å². The summed E-state index contributed by atoms with van der Waals surface area (Å²) < 4.78 is 0.